The van der Waals surface area contributed by atoms with Gasteiger partial charge < -0.3 is 20.4 Å². The molecule has 0 saturated carbocycles. The second-order valence-corrected chi connectivity index (χ2v) is 0.949. The minimum atomic E-state index is 0. The van der Waals surface area contributed by atoms with Gasteiger partial charge in [0, 0.05) is 41.5 Å². The van der Waals surface area contributed by atoms with Gasteiger partial charge in [0.2, 0.25) is 0 Å². The van der Waals surface area contributed by atoms with Crippen LogP contribution in [0.15, 0.2) is 0 Å². The summed E-state index contributed by atoms with van der Waals surface area (Å²) in [6.45, 7) is 5.79. The van der Waals surface area contributed by atoms with Gasteiger partial charge in [0.1, 0.15) is 0 Å². The van der Waals surface area contributed by atoms with Gasteiger partial charge in [0.15, 0.2) is 0 Å². The summed E-state index contributed by atoms with van der Waals surface area (Å²) in [5, 5.41) is 29.5. The minimum absolute atomic E-state index is 0. The summed E-state index contributed by atoms with van der Waals surface area (Å²) in [6.07, 6.45) is 0. The summed E-state index contributed by atoms with van der Waals surface area (Å²) in [5.74, 6) is 0. The van der Waals surface area contributed by atoms with Gasteiger partial charge in [-0.3, -0.25) is 0 Å². The van der Waals surface area contributed by atoms with E-state index in [1.54, 1.807) is 20.8 Å². The molecule has 0 heterocycles. The molecule has 0 aromatic carbocycles. The van der Waals surface area contributed by atoms with Gasteiger partial charge in [-0.25, -0.2) is 7.11 Å². The second kappa shape index (κ2) is 102. The van der Waals surface area contributed by atoms with E-state index in [1.807, 2.05) is 0 Å². The maximum absolute atomic E-state index is 7.57. The van der Waals surface area contributed by atoms with Crippen LogP contribution in [0.25, 0.3) is 0 Å². The Balaban J connectivity index is -0.0000000179. The van der Waals surface area contributed by atoms with Gasteiger partial charge in [0.05, 0.1) is 0 Å². The Hall–Kier alpha value is 0.554. The molecule has 0 rings (SSSR count). The summed E-state index contributed by atoms with van der Waals surface area (Å²) in [5.41, 5.74) is 0. The van der Waals surface area contributed by atoms with E-state index in [-0.39, 0.29) is 41.5 Å². The molecule has 0 atom stereocenters. The average molecular weight is 217 g/mol. The van der Waals surface area contributed by atoms with Crippen molar-refractivity contribution in [1.29, 1.82) is 0 Å². The number of hydrogen-bond acceptors (Lipinski definition) is 4. The quantitative estimate of drug-likeness (QED) is 0.344. The van der Waals surface area contributed by atoms with E-state index in [0.717, 1.165) is 0 Å². The van der Waals surface area contributed by atoms with Crippen molar-refractivity contribution in [2.24, 2.45) is 0 Å². The van der Waals surface area contributed by atoms with E-state index in [1.165, 1.54) is 0 Å². The molecule has 0 radical (unpaired) electrons. The Labute approximate surface area is 90.1 Å². The molecule has 0 unspecified atom stereocenters. The molecule has 0 fully saturated rings. The number of aliphatic hydroxyl groups is 4. The van der Waals surface area contributed by atoms with Crippen LogP contribution in [0.1, 0.15) is 20.8 Å². The molecular formula is C7H21O4Ti-. The molecule has 0 spiro atoms. The van der Waals surface area contributed by atoms with Crippen LogP contribution in [0.4, 0.5) is 0 Å². The minimum Gasteiger partial charge on any atom is -0.569 e. The van der Waals surface area contributed by atoms with Crippen molar-refractivity contribution < 1.29 is 42.1 Å². The first kappa shape index (κ1) is 29.4. The first-order valence-corrected chi connectivity index (χ1v) is 3.39. The molecule has 4 N–H and O–H groups in total. The van der Waals surface area contributed by atoms with Crippen LogP contribution in [0.2, 0.25) is 0 Å². The van der Waals surface area contributed by atoms with Crippen molar-refractivity contribution in [3.63, 3.8) is 0 Å². The average Bonchev–Trinajstić information content (AvgIpc) is 1.96. The zero-order valence-electron chi connectivity index (χ0n) is 8.12. The fraction of sp³-hybridized carbons (Fsp3) is 0.857. The van der Waals surface area contributed by atoms with Crippen molar-refractivity contribution in [2.45, 2.75) is 20.8 Å². The molecule has 5 heteroatoms. The van der Waals surface area contributed by atoms with Crippen LogP contribution in [-0.4, -0.2) is 40.2 Å². The molecule has 0 aliphatic carbocycles. The SMILES string of the molecule is CCO.CCO.CCO.[CH2-]O.[Ti]. The molecule has 0 aliphatic rings. The van der Waals surface area contributed by atoms with Gasteiger partial charge in [0.25, 0.3) is 0 Å². The summed E-state index contributed by atoms with van der Waals surface area (Å²) in [4.78, 5) is 0. The standard InChI is InChI=1S/3C2H6O.CH3O.Ti/c3*1-2-3;1-2;/h3*3H,2H2,1H3;2H,1H2;/q;;;-1;. The van der Waals surface area contributed by atoms with Gasteiger partial charge in [-0.05, 0) is 20.8 Å². The van der Waals surface area contributed by atoms with E-state index >= 15 is 0 Å². The summed E-state index contributed by atoms with van der Waals surface area (Å²) in [7, 11) is 2.25. The van der Waals surface area contributed by atoms with Crippen molar-refractivity contribution in [2.75, 3.05) is 19.8 Å². The molecule has 0 aromatic rings. The fourth-order valence-electron chi connectivity index (χ4n) is 0. The third kappa shape index (κ3) is 3140. The Morgan fingerprint density at radius 2 is 0.750 bits per heavy atom. The summed E-state index contributed by atoms with van der Waals surface area (Å²) in [6, 6.07) is 0. The topological polar surface area (TPSA) is 80.9 Å². The van der Waals surface area contributed by atoms with E-state index in [4.69, 9.17) is 20.4 Å². The molecule has 0 aliphatic heterocycles. The zero-order valence-corrected chi connectivity index (χ0v) is 9.68. The monoisotopic (exact) mass is 217 g/mol. The third-order valence-corrected chi connectivity index (χ3v) is 0. The smallest absolute Gasteiger partial charge is 0.0402 e. The van der Waals surface area contributed by atoms with E-state index < -0.39 is 0 Å². The second-order valence-electron chi connectivity index (χ2n) is 0.949. The van der Waals surface area contributed by atoms with Crippen LogP contribution >= 0.6 is 0 Å². The Bertz CT molecular complexity index is 20.1. The number of hydrogen-bond donors (Lipinski definition) is 4. The number of rotatable bonds is 0. The fourth-order valence-corrected chi connectivity index (χ4v) is 0. The molecule has 12 heavy (non-hydrogen) atoms. The van der Waals surface area contributed by atoms with Crippen molar-refractivity contribution in [1.82, 2.24) is 0 Å². The normalized spacial score (nSPS) is 5.00. The van der Waals surface area contributed by atoms with Gasteiger partial charge in [-0.1, -0.05) is 0 Å². The Morgan fingerprint density at radius 1 is 0.750 bits per heavy atom. The van der Waals surface area contributed by atoms with Gasteiger partial charge in [-0.15, -0.1) is 0 Å². The molecule has 0 saturated heterocycles. The van der Waals surface area contributed by atoms with Crippen LogP contribution in [-0.2, 0) is 21.7 Å². The van der Waals surface area contributed by atoms with E-state index in [9.17, 15) is 0 Å². The maximum atomic E-state index is 7.57. The van der Waals surface area contributed by atoms with Crippen LogP contribution < -0.4 is 0 Å². The maximum Gasteiger partial charge on any atom is 0.0402 e. The van der Waals surface area contributed by atoms with Crippen molar-refractivity contribution >= 4 is 0 Å². The summed E-state index contributed by atoms with van der Waals surface area (Å²) < 4.78 is 0. The van der Waals surface area contributed by atoms with Crippen LogP contribution in [0.5, 0.6) is 0 Å². The van der Waals surface area contributed by atoms with Crippen LogP contribution in [0, 0.1) is 7.11 Å². The zero-order chi connectivity index (χ0) is 10.1. The predicted octanol–water partition coefficient (Wildman–Crippen LogP) is 0.144. The predicted molar refractivity (Wildman–Crippen MR) is 45.6 cm³/mol. The van der Waals surface area contributed by atoms with E-state index in [2.05, 4.69) is 7.11 Å². The third-order valence-electron chi connectivity index (χ3n) is 0. The first-order valence-electron chi connectivity index (χ1n) is 3.39. The molecule has 78 valence electrons. The van der Waals surface area contributed by atoms with Gasteiger partial charge in [-0.2, -0.15) is 0 Å². The van der Waals surface area contributed by atoms with Crippen LogP contribution in [0.3, 0.4) is 0 Å². The van der Waals surface area contributed by atoms with Gasteiger partial charge >= 0.3 is 0 Å². The number of aliphatic hydroxyl groups excluding tert-OH is 4. The molecule has 0 aromatic heterocycles. The summed E-state index contributed by atoms with van der Waals surface area (Å²) >= 11 is 0. The molecule has 0 amide bonds. The first-order chi connectivity index (χ1) is 5.24. The molecule has 4 nitrogen and oxygen atoms in total. The molecule has 0 bridgehead atoms. The van der Waals surface area contributed by atoms with E-state index in [0.29, 0.717) is 0 Å². The van der Waals surface area contributed by atoms with Crippen molar-refractivity contribution in [3.05, 3.63) is 7.11 Å². The Morgan fingerprint density at radius 3 is 0.750 bits per heavy atom. The Kier molecular flexibility index (Phi) is 249. The molecular weight excluding hydrogens is 196 g/mol. The van der Waals surface area contributed by atoms with Crippen molar-refractivity contribution in [3.8, 4) is 0 Å². The largest absolute Gasteiger partial charge is 0.569 e.